The summed E-state index contributed by atoms with van der Waals surface area (Å²) in [6.07, 6.45) is 6.87. The zero-order valence-corrected chi connectivity index (χ0v) is 20.2. The lowest BCUT2D eigenvalue weighted by atomic mass is 9.95. The molecule has 0 spiro atoms. The highest BCUT2D eigenvalue weighted by Gasteiger charge is 2.44. The van der Waals surface area contributed by atoms with Crippen LogP contribution in [0.15, 0.2) is 48.7 Å². The second-order valence-corrected chi connectivity index (χ2v) is 9.76. The average molecular weight is 445 g/mol. The van der Waals surface area contributed by atoms with E-state index < -0.39 is 0 Å². The minimum atomic E-state index is 0.0521. The molecule has 1 aliphatic heterocycles. The standard InChI is InChI=1S/C27H32N4S/c1-17-10-9-11-18(2)25(17)30-19(3)16-22(20(30)4)26-24(23-14-7-8-15-28-23)29-27(32)31(26)21-12-5-6-13-21/h7-11,14-16,21,24,26H,5-6,12-13H2,1-4H3,(H,29,32)/t24-,26-/m0/s1. The average Bonchev–Trinajstić information content (AvgIpc) is 3.48. The normalized spacial score (nSPS) is 21.4. The molecule has 0 unspecified atom stereocenters. The van der Waals surface area contributed by atoms with Crippen LogP contribution in [0.2, 0.25) is 0 Å². The molecular formula is C27H32N4S. The summed E-state index contributed by atoms with van der Waals surface area (Å²) >= 11 is 5.93. The van der Waals surface area contributed by atoms with E-state index in [2.05, 4.69) is 78.9 Å². The van der Waals surface area contributed by atoms with Gasteiger partial charge < -0.3 is 14.8 Å². The molecule has 2 fully saturated rings. The summed E-state index contributed by atoms with van der Waals surface area (Å²) in [6.45, 7) is 8.89. The van der Waals surface area contributed by atoms with Gasteiger partial charge in [-0.15, -0.1) is 0 Å². The second-order valence-electron chi connectivity index (χ2n) is 9.37. The van der Waals surface area contributed by atoms with Gasteiger partial charge in [-0.1, -0.05) is 37.1 Å². The van der Waals surface area contributed by atoms with Crippen LogP contribution in [-0.2, 0) is 0 Å². The molecule has 2 aliphatic rings. The molecule has 0 bridgehead atoms. The number of nitrogens with zero attached hydrogens (tertiary/aromatic N) is 3. The van der Waals surface area contributed by atoms with E-state index in [-0.39, 0.29) is 12.1 Å². The van der Waals surface area contributed by atoms with Crippen molar-refractivity contribution < 1.29 is 0 Å². The van der Waals surface area contributed by atoms with E-state index in [0.717, 1.165) is 10.8 Å². The number of aryl methyl sites for hydroxylation is 3. The van der Waals surface area contributed by atoms with Crippen molar-refractivity contribution in [2.75, 3.05) is 0 Å². The third kappa shape index (κ3) is 3.43. The third-order valence-electron chi connectivity index (χ3n) is 7.31. The SMILES string of the molecule is Cc1cccc(C)c1-n1c(C)cc([C@H]2[C@H](c3ccccn3)NC(=S)N2C2CCCC2)c1C. The smallest absolute Gasteiger partial charge is 0.170 e. The zero-order chi connectivity index (χ0) is 22.4. The first-order valence-corrected chi connectivity index (χ1v) is 12.1. The molecule has 1 saturated heterocycles. The van der Waals surface area contributed by atoms with Crippen LogP contribution in [0.3, 0.4) is 0 Å². The first-order chi connectivity index (χ1) is 15.5. The van der Waals surface area contributed by atoms with Gasteiger partial charge in [-0.3, -0.25) is 4.98 Å². The van der Waals surface area contributed by atoms with Crippen molar-refractivity contribution in [1.29, 1.82) is 0 Å². The Morgan fingerprint density at radius 3 is 2.34 bits per heavy atom. The molecule has 2 aromatic heterocycles. The lowest BCUT2D eigenvalue weighted by Gasteiger charge is -2.33. The molecule has 4 nitrogen and oxygen atoms in total. The topological polar surface area (TPSA) is 33.1 Å². The van der Waals surface area contributed by atoms with Crippen LogP contribution in [0.25, 0.3) is 5.69 Å². The molecule has 1 aliphatic carbocycles. The summed E-state index contributed by atoms with van der Waals surface area (Å²) < 4.78 is 2.43. The summed E-state index contributed by atoms with van der Waals surface area (Å²) in [7, 11) is 0. The van der Waals surface area contributed by atoms with Gasteiger partial charge in [0, 0.05) is 23.6 Å². The van der Waals surface area contributed by atoms with Gasteiger partial charge in [-0.25, -0.2) is 0 Å². The van der Waals surface area contributed by atoms with Crippen LogP contribution < -0.4 is 5.32 Å². The predicted molar refractivity (Wildman–Crippen MR) is 134 cm³/mol. The second kappa shape index (κ2) is 8.36. The number of rotatable bonds is 4. The van der Waals surface area contributed by atoms with Crippen molar-refractivity contribution in [1.82, 2.24) is 19.8 Å². The van der Waals surface area contributed by atoms with E-state index in [1.165, 1.54) is 59.4 Å². The third-order valence-corrected chi connectivity index (χ3v) is 7.63. The van der Waals surface area contributed by atoms with Crippen molar-refractivity contribution in [2.24, 2.45) is 0 Å². The number of nitrogens with one attached hydrogen (secondary N) is 1. The highest BCUT2D eigenvalue weighted by Crippen LogP contribution is 2.45. The van der Waals surface area contributed by atoms with E-state index in [0.29, 0.717) is 6.04 Å². The lowest BCUT2D eigenvalue weighted by Crippen LogP contribution is -2.37. The Morgan fingerprint density at radius 2 is 1.69 bits per heavy atom. The number of pyridine rings is 1. The molecular weight excluding hydrogens is 412 g/mol. The van der Waals surface area contributed by atoms with Gasteiger partial charge in [-0.2, -0.15) is 0 Å². The van der Waals surface area contributed by atoms with Crippen molar-refractivity contribution in [3.05, 3.63) is 82.4 Å². The fraction of sp³-hybridized carbons (Fsp3) is 0.407. The number of benzene rings is 1. The molecule has 1 aromatic carbocycles. The lowest BCUT2D eigenvalue weighted by molar-refractivity contribution is 0.245. The highest BCUT2D eigenvalue weighted by atomic mass is 32.1. The predicted octanol–water partition coefficient (Wildman–Crippen LogP) is 6.02. The number of para-hydroxylation sites is 1. The number of thiocarbonyl (C=S) groups is 1. The maximum Gasteiger partial charge on any atom is 0.170 e. The molecule has 3 aromatic rings. The molecule has 0 amide bonds. The maximum absolute atomic E-state index is 5.93. The van der Waals surface area contributed by atoms with Gasteiger partial charge in [-0.05, 0) is 87.6 Å². The van der Waals surface area contributed by atoms with Crippen LogP contribution in [0.1, 0.15) is 71.5 Å². The fourth-order valence-corrected chi connectivity index (χ4v) is 6.25. The number of hydrogen-bond acceptors (Lipinski definition) is 2. The summed E-state index contributed by atoms with van der Waals surface area (Å²) in [4.78, 5) is 7.22. The van der Waals surface area contributed by atoms with Crippen LogP contribution >= 0.6 is 12.2 Å². The monoisotopic (exact) mass is 444 g/mol. The van der Waals surface area contributed by atoms with Crippen LogP contribution in [-0.4, -0.2) is 25.6 Å². The van der Waals surface area contributed by atoms with Crippen LogP contribution in [0.4, 0.5) is 0 Å². The molecule has 1 saturated carbocycles. The molecule has 166 valence electrons. The van der Waals surface area contributed by atoms with Gasteiger partial charge in [0.05, 0.1) is 23.5 Å². The highest BCUT2D eigenvalue weighted by molar-refractivity contribution is 7.80. The van der Waals surface area contributed by atoms with Gasteiger partial charge in [0.15, 0.2) is 5.11 Å². The van der Waals surface area contributed by atoms with Crippen LogP contribution in [0, 0.1) is 27.7 Å². The summed E-state index contributed by atoms with van der Waals surface area (Å²) in [5.41, 5.74) is 8.85. The van der Waals surface area contributed by atoms with E-state index in [1.54, 1.807) is 0 Å². The van der Waals surface area contributed by atoms with Crippen molar-refractivity contribution in [2.45, 2.75) is 71.5 Å². The van der Waals surface area contributed by atoms with E-state index in [9.17, 15) is 0 Å². The first kappa shape index (κ1) is 21.2. The van der Waals surface area contributed by atoms with Gasteiger partial charge in [0.25, 0.3) is 0 Å². The Balaban J connectivity index is 1.67. The molecule has 5 rings (SSSR count). The number of aromatic nitrogens is 2. The van der Waals surface area contributed by atoms with E-state index in [4.69, 9.17) is 17.2 Å². The Bertz CT molecular complexity index is 1120. The van der Waals surface area contributed by atoms with E-state index >= 15 is 0 Å². The molecule has 32 heavy (non-hydrogen) atoms. The molecule has 1 N–H and O–H groups in total. The van der Waals surface area contributed by atoms with E-state index in [1.807, 2.05) is 12.3 Å². The Hall–Kier alpha value is -2.66. The fourth-order valence-electron chi connectivity index (χ4n) is 5.86. The van der Waals surface area contributed by atoms with Gasteiger partial charge >= 0.3 is 0 Å². The summed E-state index contributed by atoms with van der Waals surface area (Å²) in [5.74, 6) is 0. The largest absolute Gasteiger partial charge is 0.352 e. The minimum absolute atomic E-state index is 0.0521. The first-order valence-electron chi connectivity index (χ1n) is 11.7. The molecule has 5 heteroatoms. The zero-order valence-electron chi connectivity index (χ0n) is 19.4. The Kier molecular flexibility index (Phi) is 5.54. The maximum atomic E-state index is 5.93. The molecule has 3 heterocycles. The number of hydrogen-bond donors (Lipinski definition) is 1. The summed E-state index contributed by atoms with van der Waals surface area (Å²) in [6, 6.07) is 15.8. The Labute approximate surface area is 196 Å². The molecule has 2 atom stereocenters. The molecule has 0 radical (unpaired) electrons. The van der Waals surface area contributed by atoms with Crippen LogP contribution in [0.5, 0.6) is 0 Å². The van der Waals surface area contributed by atoms with Gasteiger partial charge in [0.1, 0.15) is 0 Å². The van der Waals surface area contributed by atoms with Crippen molar-refractivity contribution >= 4 is 17.3 Å². The summed E-state index contributed by atoms with van der Waals surface area (Å²) in [5, 5.41) is 4.52. The van der Waals surface area contributed by atoms with Crippen molar-refractivity contribution in [3.63, 3.8) is 0 Å². The quantitative estimate of drug-likeness (QED) is 0.499. The Morgan fingerprint density at radius 1 is 0.969 bits per heavy atom. The van der Waals surface area contributed by atoms with Gasteiger partial charge in [0.2, 0.25) is 0 Å². The van der Waals surface area contributed by atoms with Crippen molar-refractivity contribution in [3.8, 4) is 5.69 Å². The minimum Gasteiger partial charge on any atom is -0.352 e.